The molecule has 0 radical (unpaired) electrons. The van der Waals surface area contributed by atoms with Gasteiger partial charge in [0.25, 0.3) is 0 Å². The molecule has 0 unspecified atom stereocenters. The van der Waals surface area contributed by atoms with Gasteiger partial charge in [-0.1, -0.05) is 56.5 Å². The van der Waals surface area contributed by atoms with Crippen LogP contribution in [0.25, 0.3) is 0 Å². The molecule has 0 spiro atoms. The van der Waals surface area contributed by atoms with Crippen LogP contribution in [0.15, 0.2) is 48.5 Å². The predicted octanol–water partition coefficient (Wildman–Crippen LogP) is 6.25. The molecule has 1 saturated carbocycles. The number of nitrogens with zero attached hydrogens (tertiary/aromatic N) is 1. The van der Waals surface area contributed by atoms with E-state index in [1.54, 1.807) is 0 Å². The summed E-state index contributed by atoms with van der Waals surface area (Å²) in [5, 5.41) is 8.92. The Labute approximate surface area is 174 Å². The van der Waals surface area contributed by atoms with E-state index in [0.29, 0.717) is 11.3 Å². The van der Waals surface area contributed by atoms with Crippen molar-refractivity contribution in [1.29, 1.82) is 5.26 Å². The zero-order chi connectivity index (χ0) is 20.5. The Morgan fingerprint density at radius 3 is 2.45 bits per heavy atom. The highest BCUT2D eigenvalue weighted by atomic mass is 16.5. The SMILES string of the molecule is CCCCC1CCC(C(=O)Oc2ccccc2CCc2ccc(C#N)cc2)CC1. The molecule has 0 saturated heterocycles. The lowest BCUT2D eigenvalue weighted by atomic mass is 9.80. The molecule has 2 aromatic carbocycles. The van der Waals surface area contributed by atoms with E-state index in [4.69, 9.17) is 10.00 Å². The summed E-state index contributed by atoms with van der Waals surface area (Å²) in [6.07, 6.45) is 9.73. The van der Waals surface area contributed by atoms with Crippen molar-refractivity contribution in [2.24, 2.45) is 11.8 Å². The number of unbranched alkanes of at least 4 members (excludes halogenated alkanes) is 1. The van der Waals surface area contributed by atoms with Crippen LogP contribution in [0.4, 0.5) is 0 Å². The van der Waals surface area contributed by atoms with Gasteiger partial charge in [-0.15, -0.1) is 0 Å². The van der Waals surface area contributed by atoms with Gasteiger partial charge in [0.05, 0.1) is 17.6 Å². The standard InChI is InChI=1S/C26H31NO2/c1-2-3-6-20-14-17-24(18-15-20)26(28)29-25-8-5-4-7-23(25)16-13-21-9-11-22(19-27)12-10-21/h4-5,7-12,20,24H,2-3,6,13-18H2,1H3. The first-order valence-electron chi connectivity index (χ1n) is 11.0. The van der Waals surface area contributed by atoms with Gasteiger partial charge in [0.15, 0.2) is 0 Å². The molecule has 1 aliphatic carbocycles. The summed E-state index contributed by atoms with van der Waals surface area (Å²) < 4.78 is 5.84. The van der Waals surface area contributed by atoms with E-state index in [2.05, 4.69) is 13.0 Å². The first kappa shape index (κ1) is 21.1. The normalized spacial score (nSPS) is 18.8. The Morgan fingerprint density at radius 1 is 1.03 bits per heavy atom. The number of carbonyl (C=O) groups is 1. The van der Waals surface area contributed by atoms with Crippen LogP contribution in [0, 0.1) is 23.2 Å². The van der Waals surface area contributed by atoms with Crippen molar-refractivity contribution >= 4 is 5.97 Å². The van der Waals surface area contributed by atoms with E-state index in [0.717, 1.165) is 50.0 Å². The zero-order valence-corrected chi connectivity index (χ0v) is 17.4. The molecular weight excluding hydrogens is 358 g/mol. The molecule has 2 aromatic rings. The van der Waals surface area contributed by atoms with Crippen molar-refractivity contribution in [3.8, 4) is 11.8 Å². The third-order valence-electron chi connectivity index (χ3n) is 6.10. The summed E-state index contributed by atoms with van der Waals surface area (Å²) in [5.74, 6) is 1.46. The Bertz CT molecular complexity index is 827. The maximum Gasteiger partial charge on any atom is 0.314 e. The second-order valence-electron chi connectivity index (χ2n) is 8.20. The molecule has 0 heterocycles. The first-order chi connectivity index (χ1) is 14.2. The second-order valence-corrected chi connectivity index (χ2v) is 8.20. The summed E-state index contributed by atoms with van der Waals surface area (Å²) in [5.41, 5.74) is 2.91. The summed E-state index contributed by atoms with van der Waals surface area (Å²) in [6, 6.07) is 17.7. The average Bonchev–Trinajstić information content (AvgIpc) is 2.77. The molecule has 3 rings (SSSR count). The molecule has 0 bridgehead atoms. The third kappa shape index (κ3) is 6.19. The Hall–Kier alpha value is -2.60. The molecule has 0 aromatic heterocycles. The van der Waals surface area contributed by atoms with Crippen LogP contribution in [-0.2, 0) is 17.6 Å². The first-order valence-corrected chi connectivity index (χ1v) is 11.0. The minimum Gasteiger partial charge on any atom is -0.426 e. The fourth-order valence-corrected chi connectivity index (χ4v) is 4.21. The van der Waals surface area contributed by atoms with E-state index in [1.165, 1.54) is 24.8 Å². The number of nitriles is 1. The van der Waals surface area contributed by atoms with Crippen LogP contribution in [0.3, 0.4) is 0 Å². The predicted molar refractivity (Wildman–Crippen MR) is 116 cm³/mol. The summed E-state index contributed by atoms with van der Waals surface area (Å²) in [7, 11) is 0. The van der Waals surface area contributed by atoms with Gasteiger partial charge >= 0.3 is 5.97 Å². The molecule has 0 N–H and O–H groups in total. The highest BCUT2D eigenvalue weighted by molar-refractivity contribution is 5.75. The molecule has 3 heteroatoms. The molecule has 29 heavy (non-hydrogen) atoms. The van der Waals surface area contributed by atoms with Crippen LogP contribution in [0.5, 0.6) is 5.75 Å². The van der Waals surface area contributed by atoms with Crippen LogP contribution >= 0.6 is 0 Å². The Balaban J connectivity index is 1.54. The fraction of sp³-hybridized carbons (Fsp3) is 0.462. The van der Waals surface area contributed by atoms with Crippen molar-refractivity contribution in [3.63, 3.8) is 0 Å². The smallest absolute Gasteiger partial charge is 0.314 e. The van der Waals surface area contributed by atoms with Gasteiger partial charge in [0.1, 0.15) is 5.75 Å². The highest BCUT2D eigenvalue weighted by Gasteiger charge is 2.27. The summed E-state index contributed by atoms with van der Waals surface area (Å²) in [4.78, 5) is 12.7. The van der Waals surface area contributed by atoms with E-state index >= 15 is 0 Å². The number of benzene rings is 2. The van der Waals surface area contributed by atoms with E-state index in [-0.39, 0.29) is 11.9 Å². The largest absolute Gasteiger partial charge is 0.426 e. The number of hydrogen-bond donors (Lipinski definition) is 0. The maximum atomic E-state index is 12.7. The van der Waals surface area contributed by atoms with Gasteiger partial charge < -0.3 is 4.74 Å². The average molecular weight is 390 g/mol. The van der Waals surface area contributed by atoms with Gasteiger partial charge in [-0.05, 0) is 73.8 Å². The molecule has 0 atom stereocenters. The van der Waals surface area contributed by atoms with Crippen LogP contribution < -0.4 is 4.74 Å². The molecule has 1 aliphatic rings. The van der Waals surface area contributed by atoms with Gasteiger partial charge in [-0.25, -0.2) is 0 Å². The van der Waals surface area contributed by atoms with E-state index in [1.807, 2.05) is 48.5 Å². The zero-order valence-electron chi connectivity index (χ0n) is 17.4. The number of hydrogen-bond acceptors (Lipinski definition) is 3. The molecule has 152 valence electrons. The number of ether oxygens (including phenoxy) is 1. The minimum absolute atomic E-state index is 0.0412. The Kier molecular flexibility index (Phi) is 7.87. The lowest BCUT2D eigenvalue weighted by Crippen LogP contribution is -2.26. The molecule has 0 amide bonds. The molecule has 0 aliphatic heterocycles. The van der Waals surface area contributed by atoms with Crippen molar-refractivity contribution in [1.82, 2.24) is 0 Å². The molecular formula is C26H31NO2. The number of esters is 1. The van der Waals surface area contributed by atoms with Crippen LogP contribution in [0.1, 0.15) is 68.6 Å². The summed E-state index contributed by atoms with van der Waals surface area (Å²) in [6.45, 7) is 2.24. The number of para-hydroxylation sites is 1. The van der Waals surface area contributed by atoms with E-state index < -0.39 is 0 Å². The molecule has 3 nitrogen and oxygen atoms in total. The maximum absolute atomic E-state index is 12.7. The van der Waals surface area contributed by atoms with Crippen molar-refractivity contribution in [2.45, 2.75) is 64.7 Å². The van der Waals surface area contributed by atoms with Gasteiger partial charge in [-0.3, -0.25) is 4.79 Å². The Morgan fingerprint density at radius 2 is 1.76 bits per heavy atom. The quantitative estimate of drug-likeness (QED) is 0.396. The topological polar surface area (TPSA) is 50.1 Å². The van der Waals surface area contributed by atoms with E-state index in [9.17, 15) is 4.79 Å². The van der Waals surface area contributed by atoms with Gasteiger partial charge in [-0.2, -0.15) is 5.26 Å². The lowest BCUT2D eigenvalue weighted by molar-refractivity contribution is -0.140. The third-order valence-corrected chi connectivity index (χ3v) is 6.10. The number of rotatable bonds is 8. The van der Waals surface area contributed by atoms with Gasteiger partial charge in [0, 0.05) is 0 Å². The van der Waals surface area contributed by atoms with Gasteiger partial charge in [0.2, 0.25) is 0 Å². The minimum atomic E-state index is -0.0650. The van der Waals surface area contributed by atoms with Crippen molar-refractivity contribution < 1.29 is 9.53 Å². The summed E-state index contributed by atoms with van der Waals surface area (Å²) >= 11 is 0. The van der Waals surface area contributed by atoms with Crippen molar-refractivity contribution in [2.75, 3.05) is 0 Å². The van der Waals surface area contributed by atoms with Crippen molar-refractivity contribution in [3.05, 3.63) is 65.2 Å². The highest BCUT2D eigenvalue weighted by Crippen LogP contribution is 2.33. The number of aryl methyl sites for hydroxylation is 2. The second kappa shape index (κ2) is 10.8. The van der Waals surface area contributed by atoms with Crippen LogP contribution in [0.2, 0.25) is 0 Å². The van der Waals surface area contributed by atoms with Crippen LogP contribution in [-0.4, -0.2) is 5.97 Å². The lowest BCUT2D eigenvalue weighted by Gasteiger charge is -2.27. The molecule has 1 fully saturated rings. The number of carbonyl (C=O) groups excluding carboxylic acids is 1. The monoisotopic (exact) mass is 389 g/mol. The fourth-order valence-electron chi connectivity index (χ4n) is 4.21.